The Morgan fingerprint density at radius 2 is 2.12 bits per heavy atom. The molecule has 0 fully saturated rings. The van der Waals surface area contributed by atoms with Gasteiger partial charge in [-0.25, -0.2) is 0 Å². The molecule has 0 saturated carbocycles. The molecular formula is C5H14N2O. The molecule has 0 rings (SSSR count). The van der Waals surface area contributed by atoms with E-state index in [0.717, 1.165) is 0 Å². The molecule has 1 atom stereocenters. The van der Waals surface area contributed by atoms with Crippen LogP contribution in [-0.2, 0) is 0 Å². The SMILES string of the molecule is CN(C)C(O)CCN. The number of aliphatic hydroxyl groups is 1. The predicted octanol–water partition coefficient (Wildman–Crippen LogP) is -0.785. The molecular weight excluding hydrogens is 104 g/mol. The zero-order valence-corrected chi connectivity index (χ0v) is 5.46. The molecule has 0 heterocycles. The van der Waals surface area contributed by atoms with Gasteiger partial charge in [0.15, 0.2) is 0 Å². The first-order chi connectivity index (χ1) is 3.68. The lowest BCUT2D eigenvalue weighted by Crippen LogP contribution is -2.29. The Kier molecular flexibility index (Phi) is 3.77. The van der Waals surface area contributed by atoms with E-state index in [1.165, 1.54) is 0 Å². The van der Waals surface area contributed by atoms with E-state index >= 15 is 0 Å². The van der Waals surface area contributed by atoms with Crippen LogP contribution in [0.5, 0.6) is 0 Å². The average Bonchev–Trinajstić information content (AvgIpc) is 1.67. The summed E-state index contributed by atoms with van der Waals surface area (Å²) < 4.78 is 0. The highest BCUT2D eigenvalue weighted by atomic mass is 16.3. The van der Waals surface area contributed by atoms with Gasteiger partial charge in [-0.3, -0.25) is 4.90 Å². The number of hydrogen-bond acceptors (Lipinski definition) is 3. The molecule has 0 aliphatic rings. The maximum Gasteiger partial charge on any atom is 0.108 e. The van der Waals surface area contributed by atoms with Gasteiger partial charge in [-0.2, -0.15) is 0 Å². The molecule has 0 amide bonds. The fourth-order valence-corrected chi connectivity index (χ4v) is 0.407. The Labute approximate surface area is 50.1 Å². The van der Waals surface area contributed by atoms with Gasteiger partial charge in [-0.1, -0.05) is 0 Å². The molecule has 0 saturated heterocycles. The maximum absolute atomic E-state index is 8.97. The van der Waals surface area contributed by atoms with Crippen LogP contribution in [0.2, 0.25) is 0 Å². The van der Waals surface area contributed by atoms with Crippen LogP contribution in [0, 0.1) is 0 Å². The molecule has 0 aromatic heterocycles. The summed E-state index contributed by atoms with van der Waals surface area (Å²) in [5.74, 6) is 0. The first-order valence-corrected chi connectivity index (χ1v) is 2.73. The van der Waals surface area contributed by atoms with E-state index in [2.05, 4.69) is 0 Å². The molecule has 50 valence electrons. The van der Waals surface area contributed by atoms with E-state index in [0.29, 0.717) is 13.0 Å². The predicted molar refractivity (Wildman–Crippen MR) is 33.4 cm³/mol. The van der Waals surface area contributed by atoms with Crippen molar-refractivity contribution in [3.05, 3.63) is 0 Å². The third-order valence-corrected chi connectivity index (χ3v) is 1.02. The average molecular weight is 118 g/mol. The van der Waals surface area contributed by atoms with Crippen LogP contribution >= 0.6 is 0 Å². The molecule has 0 aliphatic carbocycles. The van der Waals surface area contributed by atoms with Crippen LogP contribution in [0.4, 0.5) is 0 Å². The van der Waals surface area contributed by atoms with E-state index in [1.807, 2.05) is 14.1 Å². The van der Waals surface area contributed by atoms with Crippen molar-refractivity contribution in [3.8, 4) is 0 Å². The molecule has 3 nitrogen and oxygen atoms in total. The van der Waals surface area contributed by atoms with E-state index < -0.39 is 0 Å². The van der Waals surface area contributed by atoms with E-state index in [9.17, 15) is 0 Å². The van der Waals surface area contributed by atoms with Crippen molar-refractivity contribution in [2.45, 2.75) is 12.6 Å². The molecule has 1 unspecified atom stereocenters. The third-order valence-electron chi connectivity index (χ3n) is 1.02. The van der Waals surface area contributed by atoms with Crippen LogP contribution in [0.25, 0.3) is 0 Å². The maximum atomic E-state index is 8.97. The molecule has 8 heavy (non-hydrogen) atoms. The summed E-state index contributed by atoms with van der Waals surface area (Å²) in [6.07, 6.45) is 0.271. The van der Waals surface area contributed by atoms with Gasteiger partial charge < -0.3 is 10.8 Å². The number of hydrogen-bond donors (Lipinski definition) is 2. The molecule has 0 bridgehead atoms. The number of nitrogens with two attached hydrogens (primary N) is 1. The normalized spacial score (nSPS) is 14.6. The highest BCUT2D eigenvalue weighted by Gasteiger charge is 2.02. The second kappa shape index (κ2) is 3.83. The number of aliphatic hydroxyl groups excluding tert-OH is 1. The van der Waals surface area contributed by atoms with E-state index in [-0.39, 0.29) is 6.23 Å². The first-order valence-electron chi connectivity index (χ1n) is 2.73. The minimum atomic E-state index is -0.375. The minimum absolute atomic E-state index is 0.375. The van der Waals surface area contributed by atoms with Crippen LogP contribution < -0.4 is 5.73 Å². The number of nitrogens with zero attached hydrogens (tertiary/aromatic N) is 1. The molecule has 3 heteroatoms. The zero-order valence-electron chi connectivity index (χ0n) is 5.46. The lowest BCUT2D eigenvalue weighted by atomic mass is 10.4. The standard InChI is InChI=1S/C5H14N2O/c1-7(2)5(8)3-4-6/h5,8H,3-4,6H2,1-2H3. The van der Waals surface area contributed by atoms with Gasteiger partial charge in [0.1, 0.15) is 6.23 Å². The van der Waals surface area contributed by atoms with Gasteiger partial charge in [0, 0.05) is 0 Å². The second-order valence-electron chi connectivity index (χ2n) is 2.02. The molecule has 0 aromatic rings. The highest BCUT2D eigenvalue weighted by Crippen LogP contribution is 1.90. The first kappa shape index (κ1) is 7.88. The molecule has 0 aliphatic heterocycles. The summed E-state index contributed by atoms with van der Waals surface area (Å²) >= 11 is 0. The molecule has 0 spiro atoms. The van der Waals surface area contributed by atoms with Crippen molar-refractivity contribution in [2.24, 2.45) is 5.73 Å². The minimum Gasteiger partial charge on any atom is -0.378 e. The van der Waals surface area contributed by atoms with Crippen LogP contribution in [0.1, 0.15) is 6.42 Å². The quantitative estimate of drug-likeness (QED) is 0.478. The second-order valence-corrected chi connectivity index (χ2v) is 2.02. The summed E-state index contributed by atoms with van der Waals surface area (Å²) in [6.45, 7) is 0.541. The summed E-state index contributed by atoms with van der Waals surface area (Å²) in [5.41, 5.74) is 5.18. The molecule has 0 aromatic carbocycles. The summed E-state index contributed by atoms with van der Waals surface area (Å²) in [6, 6.07) is 0. The van der Waals surface area contributed by atoms with Crippen LogP contribution in [0.15, 0.2) is 0 Å². The van der Waals surface area contributed by atoms with Crippen LogP contribution in [0.3, 0.4) is 0 Å². The monoisotopic (exact) mass is 118 g/mol. The highest BCUT2D eigenvalue weighted by molar-refractivity contribution is 4.50. The molecule has 0 radical (unpaired) electrons. The fraction of sp³-hybridized carbons (Fsp3) is 1.00. The summed E-state index contributed by atoms with van der Waals surface area (Å²) in [7, 11) is 3.64. The van der Waals surface area contributed by atoms with Crippen molar-refractivity contribution >= 4 is 0 Å². The number of rotatable bonds is 3. The van der Waals surface area contributed by atoms with E-state index in [4.69, 9.17) is 10.8 Å². The Bertz CT molecular complexity index is 56.4. The zero-order chi connectivity index (χ0) is 6.57. The van der Waals surface area contributed by atoms with Crippen molar-refractivity contribution in [3.63, 3.8) is 0 Å². The Hall–Kier alpha value is -0.120. The van der Waals surface area contributed by atoms with Gasteiger partial charge in [-0.05, 0) is 27.1 Å². The Balaban J connectivity index is 3.17. The summed E-state index contributed by atoms with van der Waals surface area (Å²) in [4.78, 5) is 1.73. The summed E-state index contributed by atoms with van der Waals surface area (Å²) in [5, 5.41) is 8.97. The lowest BCUT2D eigenvalue weighted by Gasteiger charge is -2.16. The van der Waals surface area contributed by atoms with Crippen molar-refractivity contribution in [1.82, 2.24) is 4.90 Å². The van der Waals surface area contributed by atoms with Gasteiger partial charge in [-0.15, -0.1) is 0 Å². The Morgan fingerprint density at radius 3 is 2.25 bits per heavy atom. The van der Waals surface area contributed by atoms with Crippen LogP contribution in [-0.4, -0.2) is 36.9 Å². The topological polar surface area (TPSA) is 49.5 Å². The lowest BCUT2D eigenvalue weighted by molar-refractivity contribution is 0.0356. The van der Waals surface area contributed by atoms with Gasteiger partial charge >= 0.3 is 0 Å². The van der Waals surface area contributed by atoms with Gasteiger partial charge in [0.2, 0.25) is 0 Å². The van der Waals surface area contributed by atoms with Gasteiger partial charge in [0.25, 0.3) is 0 Å². The molecule has 3 N–H and O–H groups in total. The Morgan fingerprint density at radius 1 is 1.62 bits per heavy atom. The largest absolute Gasteiger partial charge is 0.378 e. The van der Waals surface area contributed by atoms with Crippen molar-refractivity contribution < 1.29 is 5.11 Å². The van der Waals surface area contributed by atoms with Crippen molar-refractivity contribution in [1.29, 1.82) is 0 Å². The van der Waals surface area contributed by atoms with Gasteiger partial charge in [0.05, 0.1) is 0 Å². The van der Waals surface area contributed by atoms with Crippen molar-refractivity contribution in [2.75, 3.05) is 20.6 Å². The van der Waals surface area contributed by atoms with E-state index in [1.54, 1.807) is 4.90 Å². The fourth-order valence-electron chi connectivity index (χ4n) is 0.407. The smallest absolute Gasteiger partial charge is 0.108 e. The third kappa shape index (κ3) is 2.96.